The molecule has 3 N–H and O–H groups in total. The molecule has 0 aromatic carbocycles. The third kappa shape index (κ3) is 5.71. The van der Waals surface area contributed by atoms with Gasteiger partial charge in [-0.1, -0.05) is 17.7 Å². The summed E-state index contributed by atoms with van der Waals surface area (Å²) in [7, 11) is 0. The monoisotopic (exact) mass is 337 g/mol. The second kappa shape index (κ2) is 8.72. The Morgan fingerprint density at radius 2 is 2.39 bits per heavy atom. The van der Waals surface area contributed by atoms with Crippen molar-refractivity contribution in [1.29, 1.82) is 0 Å². The van der Waals surface area contributed by atoms with Crippen LogP contribution in [0, 0.1) is 5.92 Å². The number of aliphatic imine (C=N–C) groups is 1. The summed E-state index contributed by atoms with van der Waals surface area (Å²) in [6.07, 6.45) is 4.27. The smallest absolute Gasteiger partial charge is 0.217 e. The second-order valence-electron chi connectivity index (χ2n) is 5.78. The molecule has 0 saturated carbocycles. The standard InChI is InChI=1S/C16H24ClN5O/c1-2-19-16(21-10-13-5-6-14(17)20-9-13)22-7-3-4-12(11-22)8-15(18)23/h5-6,9,12H,2-4,7-8,10-11H2,1H3,(H2,18,23)(H,19,21). The quantitative estimate of drug-likeness (QED) is 0.487. The molecule has 2 heterocycles. The number of nitrogens with two attached hydrogens (primary N) is 1. The van der Waals surface area contributed by atoms with Crippen molar-refractivity contribution >= 4 is 23.5 Å². The SMILES string of the molecule is CCNC(=NCc1ccc(Cl)nc1)N1CCCC(CC(N)=O)C1. The van der Waals surface area contributed by atoms with E-state index in [2.05, 4.69) is 20.2 Å². The summed E-state index contributed by atoms with van der Waals surface area (Å²) in [6.45, 7) is 5.15. The van der Waals surface area contributed by atoms with Gasteiger partial charge in [-0.2, -0.15) is 0 Å². The van der Waals surface area contributed by atoms with Crippen LogP contribution in [0.15, 0.2) is 23.3 Å². The Morgan fingerprint density at radius 1 is 1.57 bits per heavy atom. The molecule has 0 spiro atoms. The van der Waals surface area contributed by atoms with Gasteiger partial charge >= 0.3 is 0 Å². The van der Waals surface area contributed by atoms with E-state index in [4.69, 9.17) is 17.3 Å². The fourth-order valence-electron chi connectivity index (χ4n) is 2.80. The summed E-state index contributed by atoms with van der Waals surface area (Å²) in [5, 5.41) is 3.80. The maximum Gasteiger partial charge on any atom is 0.217 e. The zero-order valence-electron chi connectivity index (χ0n) is 13.5. The number of halogens is 1. The lowest BCUT2D eigenvalue weighted by Gasteiger charge is -2.34. The number of piperidine rings is 1. The van der Waals surface area contributed by atoms with Gasteiger partial charge in [0.05, 0.1) is 6.54 Å². The largest absolute Gasteiger partial charge is 0.370 e. The number of nitrogens with zero attached hydrogens (tertiary/aromatic N) is 3. The molecule has 6 nitrogen and oxygen atoms in total. The molecule has 7 heteroatoms. The molecular weight excluding hydrogens is 314 g/mol. The van der Waals surface area contributed by atoms with Crippen LogP contribution in [0.3, 0.4) is 0 Å². The van der Waals surface area contributed by atoms with Crippen molar-refractivity contribution in [1.82, 2.24) is 15.2 Å². The van der Waals surface area contributed by atoms with Crippen LogP contribution in [-0.4, -0.2) is 41.4 Å². The van der Waals surface area contributed by atoms with Gasteiger partial charge in [-0.15, -0.1) is 0 Å². The summed E-state index contributed by atoms with van der Waals surface area (Å²) in [6, 6.07) is 3.69. The Morgan fingerprint density at radius 3 is 3.04 bits per heavy atom. The van der Waals surface area contributed by atoms with E-state index in [1.165, 1.54) is 0 Å². The number of amides is 1. The van der Waals surface area contributed by atoms with Crippen LogP contribution in [0.4, 0.5) is 0 Å². The number of primary amides is 1. The van der Waals surface area contributed by atoms with Gasteiger partial charge in [-0.25, -0.2) is 9.98 Å². The zero-order chi connectivity index (χ0) is 16.7. The molecule has 1 aromatic heterocycles. The van der Waals surface area contributed by atoms with Gasteiger partial charge in [-0.05, 0) is 37.3 Å². The minimum absolute atomic E-state index is 0.231. The van der Waals surface area contributed by atoms with Gasteiger partial charge in [0.2, 0.25) is 5.91 Å². The number of likely N-dealkylation sites (tertiary alicyclic amines) is 1. The molecule has 1 amide bonds. The highest BCUT2D eigenvalue weighted by atomic mass is 35.5. The Kier molecular flexibility index (Phi) is 6.65. The van der Waals surface area contributed by atoms with E-state index < -0.39 is 0 Å². The maximum atomic E-state index is 11.1. The number of rotatable bonds is 5. The van der Waals surface area contributed by atoms with E-state index in [1.807, 2.05) is 13.0 Å². The average Bonchev–Trinajstić information content (AvgIpc) is 2.52. The van der Waals surface area contributed by atoms with E-state index in [1.54, 1.807) is 12.3 Å². The number of carbonyl (C=O) groups is 1. The normalized spacial score (nSPS) is 18.8. The topological polar surface area (TPSA) is 83.6 Å². The van der Waals surface area contributed by atoms with E-state index in [9.17, 15) is 4.79 Å². The van der Waals surface area contributed by atoms with E-state index in [0.717, 1.165) is 44.0 Å². The molecule has 2 rings (SSSR count). The Bertz CT molecular complexity index is 546. The third-order valence-electron chi connectivity index (χ3n) is 3.84. The predicted octanol–water partition coefficient (Wildman–Crippen LogP) is 1.79. The van der Waals surface area contributed by atoms with Crippen LogP contribution < -0.4 is 11.1 Å². The molecule has 0 aliphatic carbocycles. The molecule has 0 bridgehead atoms. The van der Waals surface area contributed by atoms with Gasteiger partial charge in [0, 0.05) is 32.3 Å². The lowest BCUT2D eigenvalue weighted by molar-refractivity contribution is -0.119. The first-order chi connectivity index (χ1) is 11.1. The number of carbonyl (C=O) groups excluding carboxylic acids is 1. The van der Waals surface area contributed by atoms with Crippen LogP contribution >= 0.6 is 11.6 Å². The van der Waals surface area contributed by atoms with Crippen molar-refractivity contribution in [2.75, 3.05) is 19.6 Å². The molecular formula is C16H24ClN5O. The number of pyridine rings is 1. The van der Waals surface area contributed by atoms with E-state index in [0.29, 0.717) is 24.0 Å². The van der Waals surface area contributed by atoms with Gasteiger partial charge in [-0.3, -0.25) is 4.79 Å². The number of hydrogen-bond donors (Lipinski definition) is 2. The maximum absolute atomic E-state index is 11.1. The summed E-state index contributed by atoms with van der Waals surface area (Å²) in [5.74, 6) is 0.949. The lowest BCUT2D eigenvalue weighted by Crippen LogP contribution is -2.47. The molecule has 1 aliphatic rings. The van der Waals surface area contributed by atoms with Crippen molar-refractivity contribution in [3.05, 3.63) is 29.0 Å². The summed E-state index contributed by atoms with van der Waals surface area (Å²) in [4.78, 5) is 22.1. The molecule has 1 fully saturated rings. The fourth-order valence-corrected chi connectivity index (χ4v) is 2.91. The molecule has 126 valence electrons. The summed E-state index contributed by atoms with van der Waals surface area (Å²) < 4.78 is 0. The van der Waals surface area contributed by atoms with Crippen LogP contribution in [0.25, 0.3) is 0 Å². The first-order valence-electron chi connectivity index (χ1n) is 8.00. The first kappa shape index (κ1) is 17.5. The second-order valence-corrected chi connectivity index (χ2v) is 6.17. The highest BCUT2D eigenvalue weighted by Gasteiger charge is 2.23. The Hall–Kier alpha value is -1.82. The molecule has 1 unspecified atom stereocenters. The number of hydrogen-bond acceptors (Lipinski definition) is 3. The molecule has 0 radical (unpaired) electrons. The van der Waals surface area contributed by atoms with Crippen molar-refractivity contribution < 1.29 is 4.79 Å². The van der Waals surface area contributed by atoms with Crippen molar-refractivity contribution in [3.8, 4) is 0 Å². The Labute approximate surface area is 142 Å². The third-order valence-corrected chi connectivity index (χ3v) is 4.07. The van der Waals surface area contributed by atoms with Gasteiger partial charge in [0.1, 0.15) is 5.15 Å². The van der Waals surface area contributed by atoms with E-state index in [-0.39, 0.29) is 5.91 Å². The van der Waals surface area contributed by atoms with Crippen LogP contribution in [-0.2, 0) is 11.3 Å². The highest BCUT2D eigenvalue weighted by Crippen LogP contribution is 2.19. The van der Waals surface area contributed by atoms with Crippen LogP contribution in [0.1, 0.15) is 31.7 Å². The minimum Gasteiger partial charge on any atom is -0.370 e. The van der Waals surface area contributed by atoms with E-state index >= 15 is 0 Å². The fraction of sp³-hybridized carbons (Fsp3) is 0.562. The molecule has 1 atom stereocenters. The van der Waals surface area contributed by atoms with Crippen LogP contribution in [0.2, 0.25) is 5.15 Å². The van der Waals surface area contributed by atoms with Crippen molar-refractivity contribution in [3.63, 3.8) is 0 Å². The zero-order valence-corrected chi connectivity index (χ0v) is 14.2. The highest BCUT2D eigenvalue weighted by molar-refractivity contribution is 6.29. The summed E-state index contributed by atoms with van der Waals surface area (Å²) in [5.41, 5.74) is 6.34. The minimum atomic E-state index is -0.231. The number of guanidine groups is 1. The Balaban J connectivity index is 2.02. The molecule has 1 saturated heterocycles. The predicted molar refractivity (Wildman–Crippen MR) is 92.2 cm³/mol. The van der Waals surface area contributed by atoms with Gasteiger partial charge < -0.3 is 16.0 Å². The average molecular weight is 338 g/mol. The lowest BCUT2D eigenvalue weighted by atomic mass is 9.95. The number of aromatic nitrogens is 1. The van der Waals surface area contributed by atoms with Gasteiger partial charge in [0.15, 0.2) is 5.96 Å². The summed E-state index contributed by atoms with van der Waals surface area (Å²) >= 11 is 5.80. The molecule has 1 aliphatic heterocycles. The molecule has 1 aromatic rings. The van der Waals surface area contributed by atoms with Crippen LogP contribution in [0.5, 0.6) is 0 Å². The van der Waals surface area contributed by atoms with Crippen molar-refractivity contribution in [2.45, 2.75) is 32.7 Å². The van der Waals surface area contributed by atoms with Gasteiger partial charge in [0.25, 0.3) is 0 Å². The van der Waals surface area contributed by atoms with Crippen molar-refractivity contribution in [2.24, 2.45) is 16.6 Å². The molecule has 23 heavy (non-hydrogen) atoms. The number of nitrogens with one attached hydrogen (secondary N) is 1. The first-order valence-corrected chi connectivity index (χ1v) is 8.38.